The second-order valence-corrected chi connectivity index (χ2v) is 9.20. The van der Waals surface area contributed by atoms with Gasteiger partial charge >= 0.3 is 0 Å². The largest absolute Gasteiger partial charge is 0.280 e. The van der Waals surface area contributed by atoms with E-state index in [0.29, 0.717) is 16.6 Å². The number of para-hydroxylation sites is 2. The van der Waals surface area contributed by atoms with Gasteiger partial charge in [0.25, 0.3) is 15.6 Å². The van der Waals surface area contributed by atoms with Crippen molar-refractivity contribution in [2.45, 2.75) is 4.90 Å². The molecule has 0 radical (unpaired) electrons. The van der Waals surface area contributed by atoms with E-state index >= 15 is 0 Å². The first-order valence-corrected chi connectivity index (χ1v) is 11.8. The molecule has 0 aliphatic carbocycles. The SMILES string of the molecule is O=Nc1ccc(S(=O)(=O)Nc2ccc3c(c2)c(=O)n(-c2ccccc2)n3-c2ccccc2)cc1. The molecular formula is C25H18N4O4S. The third-order valence-corrected chi connectivity index (χ3v) is 6.75. The van der Waals surface area contributed by atoms with Gasteiger partial charge in [-0.15, -0.1) is 4.91 Å². The van der Waals surface area contributed by atoms with Crippen molar-refractivity contribution in [1.82, 2.24) is 9.36 Å². The molecule has 0 aliphatic heterocycles. The van der Waals surface area contributed by atoms with Gasteiger partial charge in [-0.25, -0.2) is 17.8 Å². The summed E-state index contributed by atoms with van der Waals surface area (Å²) in [5.41, 5.74) is 2.18. The number of nitrogens with one attached hydrogen (secondary N) is 1. The average Bonchev–Trinajstić information content (AvgIpc) is 3.16. The summed E-state index contributed by atoms with van der Waals surface area (Å²) in [6.07, 6.45) is 0. The van der Waals surface area contributed by atoms with E-state index in [1.54, 1.807) is 21.5 Å². The monoisotopic (exact) mass is 470 g/mol. The standard InChI is InChI=1S/C25H18N4O4S/c30-25-23-17-19(27-34(32,33)22-14-11-18(26-31)12-15-22)13-16-24(23)28(20-7-3-1-4-8-20)29(25)21-9-5-2-6-10-21/h1-17,27H. The predicted octanol–water partition coefficient (Wildman–Crippen LogP) is 4.98. The molecule has 168 valence electrons. The molecular weight excluding hydrogens is 452 g/mol. The second-order valence-electron chi connectivity index (χ2n) is 7.52. The van der Waals surface area contributed by atoms with Crippen molar-refractivity contribution < 1.29 is 8.42 Å². The van der Waals surface area contributed by atoms with Crippen LogP contribution in [0.5, 0.6) is 0 Å². The minimum absolute atomic E-state index is 0.0245. The average molecular weight is 471 g/mol. The lowest BCUT2D eigenvalue weighted by Crippen LogP contribution is -2.20. The quantitative estimate of drug-likeness (QED) is 0.354. The lowest BCUT2D eigenvalue weighted by Gasteiger charge is -2.13. The third-order valence-electron chi connectivity index (χ3n) is 5.35. The zero-order chi connectivity index (χ0) is 23.7. The van der Waals surface area contributed by atoms with Crippen LogP contribution in [0.2, 0.25) is 0 Å². The summed E-state index contributed by atoms with van der Waals surface area (Å²) in [5, 5.41) is 3.13. The smallest absolute Gasteiger partial charge is 0.279 e. The molecule has 34 heavy (non-hydrogen) atoms. The van der Waals surface area contributed by atoms with Gasteiger partial charge < -0.3 is 0 Å². The number of nitroso groups, excluding NO2 is 1. The van der Waals surface area contributed by atoms with Crippen molar-refractivity contribution in [1.29, 1.82) is 0 Å². The highest BCUT2D eigenvalue weighted by Gasteiger charge is 2.19. The first-order chi connectivity index (χ1) is 16.5. The van der Waals surface area contributed by atoms with Crippen LogP contribution in [-0.2, 0) is 10.0 Å². The van der Waals surface area contributed by atoms with Gasteiger partial charge in [-0.2, -0.15) is 0 Å². The van der Waals surface area contributed by atoms with Gasteiger partial charge in [-0.3, -0.25) is 9.52 Å². The zero-order valence-electron chi connectivity index (χ0n) is 17.7. The van der Waals surface area contributed by atoms with E-state index < -0.39 is 10.0 Å². The number of fused-ring (bicyclic) bond motifs is 1. The fourth-order valence-electron chi connectivity index (χ4n) is 3.79. The molecule has 0 atom stereocenters. The number of benzene rings is 4. The van der Waals surface area contributed by atoms with Crippen molar-refractivity contribution in [3.63, 3.8) is 0 Å². The lowest BCUT2D eigenvalue weighted by atomic mass is 10.2. The molecule has 1 aromatic heterocycles. The minimum atomic E-state index is -3.94. The Hall–Kier alpha value is -4.50. The van der Waals surface area contributed by atoms with E-state index in [4.69, 9.17) is 0 Å². The van der Waals surface area contributed by atoms with Crippen molar-refractivity contribution in [2.75, 3.05) is 4.72 Å². The number of hydrogen-bond acceptors (Lipinski definition) is 5. The zero-order valence-corrected chi connectivity index (χ0v) is 18.5. The molecule has 0 saturated carbocycles. The van der Waals surface area contributed by atoms with Crippen LogP contribution < -0.4 is 10.3 Å². The first kappa shape index (κ1) is 21.4. The number of aromatic nitrogens is 2. The number of hydrogen-bond donors (Lipinski definition) is 1. The highest BCUT2D eigenvalue weighted by molar-refractivity contribution is 7.92. The Kier molecular flexibility index (Phi) is 5.31. The van der Waals surface area contributed by atoms with Crippen LogP contribution in [0.3, 0.4) is 0 Å². The normalized spacial score (nSPS) is 11.4. The summed E-state index contributed by atoms with van der Waals surface area (Å²) in [6, 6.07) is 28.8. The number of anilines is 1. The maximum atomic E-state index is 13.5. The highest BCUT2D eigenvalue weighted by atomic mass is 32.2. The van der Waals surface area contributed by atoms with E-state index in [1.807, 2.05) is 60.7 Å². The van der Waals surface area contributed by atoms with E-state index in [9.17, 15) is 18.1 Å². The summed E-state index contributed by atoms with van der Waals surface area (Å²) in [6.45, 7) is 0. The Balaban J connectivity index is 1.65. The Morgan fingerprint density at radius 3 is 1.88 bits per heavy atom. The van der Waals surface area contributed by atoms with Crippen LogP contribution >= 0.6 is 0 Å². The van der Waals surface area contributed by atoms with Gasteiger partial charge in [0.1, 0.15) is 5.69 Å². The summed E-state index contributed by atoms with van der Waals surface area (Å²) in [7, 11) is -3.94. The van der Waals surface area contributed by atoms with E-state index in [1.165, 1.54) is 30.3 Å². The number of rotatable bonds is 6. The second kappa shape index (κ2) is 8.45. The van der Waals surface area contributed by atoms with E-state index in [0.717, 1.165) is 5.69 Å². The summed E-state index contributed by atoms with van der Waals surface area (Å²) < 4.78 is 31.5. The number of sulfonamides is 1. The molecule has 1 heterocycles. The van der Waals surface area contributed by atoms with Gasteiger partial charge in [0.05, 0.1) is 27.2 Å². The molecule has 0 fully saturated rings. The minimum Gasteiger partial charge on any atom is -0.280 e. The van der Waals surface area contributed by atoms with Crippen LogP contribution in [0.4, 0.5) is 11.4 Å². The molecule has 9 heteroatoms. The van der Waals surface area contributed by atoms with E-state index in [-0.39, 0.29) is 21.8 Å². The predicted molar refractivity (Wildman–Crippen MR) is 132 cm³/mol. The molecule has 0 bridgehead atoms. The Bertz CT molecular complexity index is 1660. The van der Waals surface area contributed by atoms with Crippen LogP contribution in [0, 0.1) is 4.91 Å². The maximum absolute atomic E-state index is 13.5. The topological polar surface area (TPSA) is 103 Å². The molecule has 0 aliphatic rings. The highest BCUT2D eigenvalue weighted by Crippen LogP contribution is 2.25. The molecule has 5 aromatic rings. The maximum Gasteiger partial charge on any atom is 0.279 e. The van der Waals surface area contributed by atoms with Gasteiger partial charge in [-0.1, -0.05) is 36.4 Å². The Morgan fingerprint density at radius 2 is 1.29 bits per heavy atom. The summed E-state index contributed by atoms with van der Waals surface area (Å²) in [4.78, 5) is 24.1. The van der Waals surface area contributed by atoms with Crippen LogP contribution in [-0.4, -0.2) is 17.8 Å². The molecule has 0 unspecified atom stereocenters. The molecule has 1 N–H and O–H groups in total. The fraction of sp³-hybridized carbons (Fsp3) is 0. The van der Waals surface area contributed by atoms with Crippen LogP contribution in [0.1, 0.15) is 0 Å². The van der Waals surface area contributed by atoms with E-state index in [2.05, 4.69) is 9.90 Å². The van der Waals surface area contributed by atoms with Crippen molar-refractivity contribution in [2.24, 2.45) is 5.18 Å². The van der Waals surface area contributed by atoms with Crippen molar-refractivity contribution >= 4 is 32.3 Å². The molecule has 4 aromatic carbocycles. The molecule has 0 amide bonds. The fourth-order valence-corrected chi connectivity index (χ4v) is 4.84. The third kappa shape index (κ3) is 3.78. The van der Waals surface area contributed by atoms with Gasteiger partial charge in [0.15, 0.2) is 0 Å². The summed E-state index contributed by atoms with van der Waals surface area (Å²) >= 11 is 0. The van der Waals surface area contributed by atoms with Gasteiger partial charge in [0.2, 0.25) is 0 Å². The van der Waals surface area contributed by atoms with Crippen LogP contribution in [0.25, 0.3) is 22.3 Å². The summed E-state index contributed by atoms with van der Waals surface area (Å²) in [5.74, 6) is 0. The van der Waals surface area contributed by atoms with Crippen molar-refractivity contribution in [3.8, 4) is 11.4 Å². The van der Waals surface area contributed by atoms with Gasteiger partial charge in [-0.05, 0) is 71.9 Å². The molecule has 5 rings (SSSR count). The lowest BCUT2D eigenvalue weighted by molar-refractivity contribution is 0.601. The number of nitrogens with zero attached hydrogens (tertiary/aromatic N) is 3. The molecule has 8 nitrogen and oxygen atoms in total. The first-order valence-electron chi connectivity index (χ1n) is 10.3. The Labute approximate surface area is 194 Å². The Morgan fingerprint density at radius 1 is 0.706 bits per heavy atom. The van der Waals surface area contributed by atoms with Crippen molar-refractivity contribution in [3.05, 3.63) is 118 Å². The van der Waals surface area contributed by atoms with Gasteiger partial charge in [0, 0.05) is 5.69 Å². The molecule has 0 spiro atoms. The van der Waals surface area contributed by atoms with Crippen LogP contribution in [0.15, 0.2) is 118 Å². The molecule has 0 saturated heterocycles.